The summed E-state index contributed by atoms with van der Waals surface area (Å²) in [6, 6.07) is 6.42. The molecule has 1 aromatic rings. The van der Waals surface area contributed by atoms with Crippen LogP contribution in [-0.4, -0.2) is 48.2 Å². The third-order valence-electron chi connectivity index (χ3n) is 4.15. The summed E-state index contributed by atoms with van der Waals surface area (Å²) in [6.07, 6.45) is 1.35. The topological polar surface area (TPSA) is 95.6 Å². The molecule has 2 heterocycles. The molecule has 1 fully saturated rings. The van der Waals surface area contributed by atoms with Gasteiger partial charge >= 0.3 is 0 Å². The average molecular weight is 315 g/mol. The Labute approximate surface area is 133 Å². The maximum absolute atomic E-state index is 12.2. The van der Waals surface area contributed by atoms with Crippen molar-refractivity contribution in [2.45, 2.75) is 12.8 Å². The molecule has 4 amide bonds. The van der Waals surface area contributed by atoms with Crippen LogP contribution in [0.4, 0.5) is 0 Å². The Kier molecular flexibility index (Phi) is 4.20. The molecule has 2 aliphatic heterocycles. The molecular weight excluding hydrogens is 298 g/mol. The van der Waals surface area contributed by atoms with Crippen LogP contribution in [0.3, 0.4) is 0 Å². The van der Waals surface area contributed by atoms with Crippen LogP contribution in [0.25, 0.3) is 0 Å². The fourth-order valence-electron chi connectivity index (χ4n) is 2.89. The molecule has 2 N–H and O–H groups in total. The maximum atomic E-state index is 12.2. The molecule has 2 aliphatic rings. The molecule has 0 radical (unpaired) electrons. The number of rotatable bonds is 3. The molecule has 0 spiro atoms. The lowest BCUT2D eigenvalue weighted by molar-refractivity contribution is -0.133. The van der Waals surface area contributed by atoms with Gasteiger partial charge < -0.3 is 5.32 Å². The fraction of sp³-hybridized carbons (Fsp3) is 0.375. The molecule has 0 atom stereocenters. The first-order chi connectivity index (χ1) is 11.1. The number of hydrogen-bond acceptors (Lipinski definition) is 5. The number of nitrogens with one attached hydrogen (secondary N) is 2. The summed E-state index contributed by atoms with van der Waals surface area (Å²) in [4.78, 5) is 49.2. The van der Waals surface area contributed by atoms with E-state index in [1.54, 1.807) is 24.3 Å². The van der Waals surface area contributed by atoms with Crippen LogP contribution < -0.4 is 10.6 Å². The monoisotopic (exact) mass is 315 g/mol. The molecular formula is C16H17N3O4. The lowest BCUT2D eigenvalue weighted by Gasteiger charge is -2.21. The van der Waals surface area contributed by atoms with E-state index >= 15 is 0 Å². The van der Waals surface area contributed by atoms with Crippen LogP contribution in [-0.2, 0) is 9.59 Å². The molecule has 7 nitrogen and oxygen atoms in total. The summed E-state index contributed by atoms with van der Waals surface area (Å²) in [6.45, 7) is 1.04. The Morgan fingerprint density at radius 1 is 1.09 bits per heavy atom. The second kappa shape index (κ2) is 6.29. The Morgan fingerprint density at radius 2 is 1.65 bits per heavy atom. The second-order valence-electron chi connectivity index (χ2n) is 5.68. The number of carbonyl (C=O) groups excluding carboxylic acids is 4. The molecule has 1 saturated heterocycles. The smallest absolute Gasteiger partial charge is 0.262 e. The van der Waals surface area contributed by atoms with Gasteiger partial charge in [-0.1, -0.05) is 12.1 Å². The van der Waals surface area contributed by atoms with Crippen molar-refractivity contribution in [3.05, 3.63) is 35.4 Å². The van der Waals surface area contributed by atoms with Crippen molar-refractivity contribution in [1.82, 2.24) is 15.5 Å². The molecule has 3 rings (SSSR count). The molecule has 0 aromatic heterocycles. The fourth-order valence-corrected chi connectivity index (χ4v) is 2.89. The van der Waals surface area contributed by atoms with Gasteiger partial charge in [0.15, 0.2) is 0 Å². The number of imide groups is 2. The molecule has 1 aromatic carbocycles. The van der Waals surface area contributed by atoms with E-state index in [4.69, 9.17) is 0 Å². The predicted octanol–water partition coefficient (Wildman–Crippen LogP) is -0.0750. The normalized spacial score (nSPS) is 18.0. The number of nitrogens with zero attached hydrogens (tertiary/aromatic N) is 1. The van der Waals surface area contributed by atoms with Gasteiger partial charge in [0.1, 0.15) is 6.54 Å². The zero-order valence-corrected chi connectivity index (χ0v) is 12.5. The number of amides is 4. The minimum atomic E-state index is -0.636. The lowest BCUT2D eigenvalue weighted by atomic mass is 9.97. The number of fused-ring (bicyclic) bond motifs is 1. The van der Waals surface area contributed by atoms with E-state index in [0.717, 1.165) is 18.0 Å². The highest BCUT2D eigenvalue weighted by atomic mass is 16.2. The highest BCUT2D eigenvalue weighted by Gasteiger charge is 2.36. The summed E-state index contributed by atoms with van der Waals surface area (Å²) in [5.74, 6) is -2.19. The van der Waals surface area contributed by atoms with Crippen molar-refractivity contribution in [2.24, 2.45) is 5.92 Å². The maximum Gasteiger partial charge on any atom is 0.262 e. The van der Waals surface area contributed by atoms with E-state index < -0.39 is 24.3 Å². The first kappa shape index (κ1) is 15.4. The van der Waals surface area contributed by atoms with Crippen LogP contribution in [0.5, 0.6) is 0 Å². The first-order valence-corrected chi connectivity index (χ1v) is 7.57. The van der Waals surface area contributed by atoms with E-state index in [1.807, 2.05) is 0 Å². The summed E-state index contributed by atoms with van der Waals surface area (Å²) < 4.78 is 0. The summed E-state index contributed by atoms with van der Waals surface area (Å²) in [7, 11) is 0. The van der Waals surface area contributed by atoms with Crippen molar-refractivity contribution in [3.63, 3.8) is 0 Å². The van der Waals surface area contributed by atoms with Gasteiger partial charge in [-0.2, -0.15) is 0 Å². The van der Waals surface area contributed by atoms with Crippen LogP contribution >= 0.6 is 0 Å². The lowest BCUT2D eigenvalue weighted by Crippen LogP contribution is -2.45. The van der Waals surface area contributed by atoms with Gasteiger partial charge in [0.2, 0.25) is 11.8 Å². The second-order valence-corrected chi connectivity index (χ2v) is 5.68. The van der Waals surface area contributed by atoms with Gasteiger partial charge in [-0.25, -0.2) is 0 Å². The Morgan fingerprint density at radius 3 is 2.22 bits per heavy atom. The van der Waals surface area contributed by atoms with Gasteiger partial charge in [0.25, 0.3) is 11.8 Å². The van der Waals surface area contributed by atoms with Crippen LogP contribution in [0.1, 0.15) is 33.6 Å². The number of benzene rings is 1. The van der Waals surface area contributed by atoms with Crippen molar-refractivity contribution >= 4 is 23.6 Å². The number of carbonyl (C=O) groups is 4. The van der Waals surface area contributed by atoms with Crippen LogP contribution in [0.15, 0.2) is 24.3 Å². The Hall–Kier alpha value is -2.54. The SMILES string of the molecule is O=C(CN1C(=O)c2ccccc2C1=O)NC(=O)C1CCNCC1. The van der Waals surface area contributed by atoms with Gasteiger partial charge in [-0.15, -0.1) is 0 Å². The minimum absolute atomic E-state index is 0.206. The molecule has 0 unspecified atom stereocenters. The standard InChI is InChI=1S/C16H17N3O4/c20-13(18-14(21)10-5-7-17-8-6-10)9-19-15(22)11-3-1-2-4-12(11)16(19)23/h1-4,10,17H,5-9H2,(H,18,20,21). The van der Waals surface area contributed by atoms with Crippen LogP contribution in [0.2, 0.25) is 0 Å². The van der Waals surface area contributed by atoms with E-state index in [2.05, 4.69) is 10.6 Å². The van der Waals surface area contributed by atoms with Crippen molar-refractivity contribution in [1.29, 1.82) is 0 Å². The number of hydrogen-bond donors (Lipinski definition) is 2. The average Bonchev–Trinajstić information content (AvgIpc) is 2.81. The molecule has 7 heteroatoms. The highest BCUT2D eigenvalue weighted by Crippen LogP contribution is 2.22. The summed E-state index contributed by atoms with van der Waals surface area (Å²) >= 11 is 0. The van der Waals surface area contributed by atoms with Crippen molar-refractivity contribution in [2.75, 3.05) is 19.6 Å². The van der Waals surface area contributed by atoms with Crippen molar-refractivity contribution < 1.29 is 19.2 Å². The third kappa shape index (κ3) is 3.00. The zero-order valence-electron chi connectivity index (χ0n) is 12.5. The largest absolute Gasteiger partial charge is 0.317 e. The Balaban J connectivity index is 1.61. The third-order valence-corrected chi connectivity index (χ3v) is 4.15. The quantitative estimate of drug-likeness (QED) is 0.761. The van der Waals surface area contributed by atoms with E-state index in [1.165, 1.54) is 0 Å². The molecule has 0 aliphatic carbocycles. The first-order valence-electron chi connectivity index (χ1n) is 7.57. The zero-order chi connectivity index (χ0) is 16.4. The molecule has 0 saturated carbocycles. The van der Waals surface area contributed by atoms with Crippen molar-refractivity contribution in [3.8, 4) is 0 Å². The highest BCUT2D eigenvalue weighted by molar-refractivity contribution is 6.22. The minimum Gasteiger partial charge on any atom is -0.317 e. The van der Waals surface area contributed by atoms with E-state index in [-0.39, 0.29) is 23.0 Å². The Bertz CT molecular complexity index is 645. The van der Waals surface area contributed by atoms with E-state index in [0.29, 0.717) is 12.8 Å². The van der Waals surface area contributed by atoms with Gasteiger partial charge in [-0.3, -0.25) is 29.4 Å². The van der Waals surface area contributed by atoms with Gasteiger partial charge in [0, 0.05) is 5.92 Å². The van der Waals surface area contributed by atoms with Crippen LogP contribution in [0, 0.1) is 5.92 Å². The molecule has 23 heavy (non-hydrogen) atoms. The predicted molar refractivity (Wildman–Crippen MR) is 80.6 cm³/mol. The molecule has 120 valence electrons. The summed E-state index contributed by atoms with van der Waals surface area (Å²) in [5, 5.41) is 5.43. The summed E-state index contributed by atoms with van der Waals surface area (Å²) in [5.41, 5.74) is 0.574. The van der Waals surface area contributed by atoms with Gasteiger partial charge in [-0.05, 0) is 38.1 Å². The van der Waals surface area contributed by atoms with Gasteiger partial charge in [0.05, 0.1) is 11.1 Å². The number of piperidine rings is 1. The molecule has 0 bridgehead atoms. The van der Waals surface area contributed by atoms with E-state index in [9.17, 15) is 19.2 Å².